The van der Waals surface area contributed by atoms with Gasteiger partial charge in [-0.3, -0.25) is 0 Å². The Labute approximate surface area is 145 Å². The molecule has 0 aliphatic carbocycles. The van der Waals surface area contributed by atoms with Crippen LogP contribution >= 0.6 is 0 Å². The van der Waals surface area contributed by atoms with E-state index in [1.165, 1.54) is 31.5 Å². The Morgan fingerprint density at radius 2 is 1.80 bits per heavy atom. The molecule has 2 aromatic rings. The van der Waals surface area contributed by atoms with Crippen LogP contribution in [0.1, 0.15) is 11.1 Å². The maximum absolute atomic E-state index is 12.4. The zero-order valence-electron chi connectivity index (χ0n) is 13.8. The van der Waals surface area contributed by atoms with Crippen molar-refractivity contribution in [3.8, 4) is 11.5 Å². The van der Waals surface area contributed by atoms with E-state index in [0.29, 0.717) is 5.56 Å². The number of nitrogens with one attached hydrogen (secondary N) is 1. The highest BCUT2D eigenvalue weighted by Gasteiger charge is 2.19. The molecule has 25 heavy (non-hydrogen) atoms. The highest BCUT2D eigenvalue weighted by Crippen LogP contribution is 2.30. The molecular weight excluding hydrogens is 344 g/mol. The Bertz CT molecular complexity index is 902. The van der Waals surface area contributed by atoms with Crippen molar-refractivity contribution < 1.29 is 22.4 Å². The van der Waals surface area contributed by atoms with Gasteiger partial charge in [0.2, 0.25) is 6.21 Å². The van der Waals surface area contributed by atoms with Crippen molar-refractivity contribution in [1.29, 1.82) is 0 Å². The van der Waals surface area contributed by atoms with Gasteiger partial charge in [-0.05, 0) is 37.3 Å². The molecule has 0 spiro atoms. The molecule has 0 radical (unpaired) electrons. The van der Waals surface area contributed by atoms with Gasteiger partial charge in [-0.1, -0.05) is 17.7 Å². The summed E-state index contributed by atoms with van der Waals surface area (Å²) in [5, 5.41) is 6.15. The molecule has 0 fully saturated rings. The van der Waals surface area contributed by atoms with Crippen molar-refractivity contribution in [2.45, 2.75) is 11.8 Å². The molecule has 2 aromatic carbocycles. The van der Waals surface area contributed by atoms with Gasteiger partial charge in [-0.2, -0.15) is 8.42 Å². The summed E-state index contributed by atoms with van der Waals surface area (Å²) in [4.78, 5) is 0.0604. The number of hydrazone groups is 1. The normalized spacial score (nSPS) is 11.3. The Morgan fingerprint density at radius 3 is 2.40 bits per heavy atom. The van der Waals surface area contributed by atoms with Gasteiger partial charge in [0, 0.05) is 10.7 Å². The second kappa shape index (κ2) is 7.67. The number of nitrogens with zero attached hydrogens (tertiary/aromatic N) is 1. The SMILES string of the molecule is COc1cc(/C=[NH+]/N=C(N)N)ccc1OS(=O)(=O)c1ccc(C)cc1. The lowest BCUT2D eigenvalue weighted by Gasteiger charge is -2.11. The first kappa shape index (κ1) is 18.3. The van der Waals surface area contributed by atoms with Gasteiger partial charge in [0.25, 0.3) is 5.96 Å². The van der Waals surface area contributed by atoms with Gasteiger partial charge in [0.05, 0.1) is 7.11 Å². The van der Waals surface area contributed by atoms with E-state index in [1.807, 2.05) is 6.92 Å². The monoisotopic (exact) mass is 363 g/mol. The van der Waals surface area contributed by atoms with Crippen LogP contribution < -0.4 is 25.5 Å². The number of aryl methyl sites for hydroxylation is 1. The van der Waals surface area contributed by atoms with Gasteiger partial charge >= 0.3 is 10.1 Å². The second-order valence-corrected chi connectivity index (χ2v) is 6.62. The smallest absolute Gasteiger partial charge is 0.339 e. The third kappa shape index (κ3) is 4.95. The average Bonchev–Trinajstić information content (AvgIpc) is 2.56. The first-order valence-corrected chi connectivity index (χ1v) is 8.59. The fourth-order valence-corrected chi connectivity index (χ4v) is 2.84. The van der Waals surface area contributed by atoms with E-state index in [9.17, 15) is 8.42 Å². The van der Waals surface area contributed by atoms with Crippen molar-refractivity contribution in [3.63, 3.8) is 0 Å². The Kier molecular flexibility index (Phi) is 5.60. The number of methoxy groups -OCH3 is 1. The van der Waals surface area contributed by atoms with Crippen LogP contribution in [0.2, 0.25) is 0 Å². The van der Waals surface area contributed by atoms with E-state index in [2.05, 4.69) is 10.2 Å². The third-order valence-electron chi connectivity index (χ3n) is 3.12. The predicted molar refractivity (Wildman–Crippen MR) is 93.9 cm³/mol. The van der Waals surface area contributed by atoms with E-state index in [4.69, 9.17) is 20.4 Å². The number of hydrogen-bond acceptors (Lipinski definition) is 5. The van der Waals surface area contributed by atoms with Crippen LogP contribution in [0.4, 0.5) is 0 Å². The third-order valence-corrected chi connectivity index (χ3v) is 4.37. The largest absolute Gasteiger partial charge is 0.493 e. The van der Waals surface area contributed by atoms with Crippen LogP contribution in [0, 0.1) is 6.92 Å². The minimum atomic E-state index is -3.96. The van der Waals surface area contributed by atoms with E-state index in [1.54, 1.807) is 24.3 Å². The van der Waals surface area contributed by atoms with E-state index in [-0.39, 0.29) is 22.4 Å². The summed E-state index contributed by atoms with van der Waals surface area (Å²) in [7, 11) is -2.55. The molecular formula is C16H19N4O4S+. The van der Waals surface area contributed by atoms with Gasteiger partial charge in [0.1, 0.15) is 4.90 Å². The van der Waals surface area contributed by atoms with Gasteiger partial charge in [-0.25, -0.2) is 0 Å². The lowest BCUT2D eigenvalue weighted by atomic mass is 10.2. The summed E-state index contributed by atoms with van der Waals surface area (Å²) in [6.45, 7) is 1.87. The quantitative estimate of drug-likeness (QED) is 0.273. The Balaban J connectivity index is 2.28. The number of rotatable bonds is 6. The van der Waals surface area contributed by atoms with Crippen molar-refractivity contribution >= 4 is 22.3 Å². The molecule has 0 heterocycles. The van der Waals surface area contributed by atoms with Crippen LogP contribution in [0.25, 0.3) is 0 Å². The minimum Gasteiger partial charge on any atom is -0.493 e. The summed E-state index contributed by atoms with van der Waals surface area (Å²) in [6, 6.07) is 11.0. The van der Waals surface area contributed by atoms with E-state index >= 15 is 0 Å². The molecule has 0 atom stereocenters. The fraction of sp³-hybridized carbons (Fsp3) is 0.125. The predicted octanol–water partition coefficient (Wildman–Crippen LogP) is -0.541. The van der Waals surface area contributed by atoms with Crippen LogP contribution in [0.5, 0.6) is 11.5 Å². The summed E-state index contributed by atoms with van der Waals surface area (Å²) >= 11 is 0. The lowest BCUT2D eigenvalue weighted by Crippen LogP contribution is -2.63. The van der Waals surface area contributed by atoms with Crippen molar-refractivity contribution in [2.24, 2.45) is 16.6 Å². The molecule has 2 rings (SSSR count). The first-order valence-electron chi connectivity index (χ1n) is 7.18. The highest BCUT2D eigenvalue weighted by atomic mass is 32.2. The summed E-state index contributed by atoms with van der Waals surface area (Å²) in [6.07, 6.45) is 1.51. The fourth-order valence-electron chi connectivity index (χ4n) is 1.90. The van der Waals surface area contributed by atoms with E-state index < -0.39 is 10.1 Å². The first-order chi connectivity index (χ1) is 11.8. The molecule has 9 heteroatoms. The number of benzene rings is 2. The molecule has 0 aliphatic heterocycles. The molecule has 0 bridgehead atoms. The van der Waals surface area contributed by atoms with Crippen LogP contribution in [-0.2, 0) is 10.1 Å². The average molecular weight is 363 g/mol. The minimum absolute atomic E-state index is 0.0604. The molecule has 0 aromatic heterocycles. The zero-order chi connectivity index (χ0) is 18.4. The van der Waals surface area contributed by atoms with Crippen molar-refractivity contribution in [3.05, 3.63) is 53.6 Å². The standard InChI is InChI=1S/C16H18N4O4S/c1-11-3-6-13(7-4-11)25(21,22)24-14-8-5-12(9-15(14)23-2)10-19-20-16(17)18/h3-10H,1-2H3,(H4,17,18,20)/p+1/b19-10+. The topological polar surface area (TPSA) is 131 Å². The van der Waals surface area contributed by atoms with Crippen LogP contribution in [-0.4, -0.2) is 27.7 Å². The molecule has 0 amide bonds. The zero-order valence-corrected chi connectivity index (χ0v) is 14.6. The van der Waals surface area contributed by atoms with Crippen LogP contribution in [0.3, 0.4) is 0 Å². The molecule has 5 N–H and O–H groups in total. The molecule has 0 aliphatic rings. The van der Waals surface area contributed by atoms with Gasteiger partial charge in [-0.15, -0.1) is 5.10 Å². The molecule has 132 valence electrons. The summed E-state index contributed by atoms with van der Waals surface area (Å²) < 4.78 is 35.1. The van der Waals surface area contributed by atoms with Crippen LogP contribution in [0.15, 0.2) is 52.5 Å². The summed E-state index contributed by atoms with van der Waals surface area (Å²) in [5.41, 5.74) is 12.0. The maximum Gasteiger partial charge on any atom is 0.339 e. The molecule has 0 unspecified atom stereocenters. The van der Waals surface area contributed by atoms with Crippen molar-refractivity contribution in [1.82, 2.24) is 0 Å². The number of ether oxygens (including phenoxy) is 1. The van der Waals surface area contributed by atoms with Gasteiger partial charge in [0.15, 0.2) is 11.5 Å². The van der Waals surface area contributed by atoms with Crippen molar-refractivity contribution in [2.75, 3.05) is 7.11 Å². The summed E-state index contributed by atoms with van der Waals surface area (Å²) in [5.74, 6) is 0.199. The Morgan fingerprint density at radius 1 is 1.12 bits per heavy atom. The number of nitrogens with two attached hydrogens (primary N) is 2. The molecule has 0 saturated heterocycles. The highest BCUT2D eigenvalue weighted by molar-refractivity contribution is 7.87. The lowest BCUT2D eigenvalue weighted by molar-refractivity contribution is -0.456. The second-order valence-electron chi connectivity index (χ2n) is 5.07. The van der Waals surface area contributed by atoms with E-state index in [0.717, 1.165) is 5.56 Å². The Hall–Kier alpha value is -3.07. The maximum atomic E-state index is 12.4. The van der Waals surface area contributed by atoms with Gasteiger partial charge < -0.3 is 20.4 Å². The molecule has 0 saturated carbocycles. The number of guanidine groups is 1. The molecule has 8 nitrogen and oxygen atoms in total. The number of hydrogen-bond donors (Lipinski definition) is 3.